The second-order valence-corrected chi connectivity index (χ2v) is 9.09. The van der Waals surface area contributed by atoms with Crippen molar-refractivity contribution in [3.8, 4) is 0 Å². The Balaban J connectivity index is 4.92. The van der Waals surface area contributed by atoms with Crippen LogP contribution in [0.5, 0.6) is 0 Å². The maximum absolute atomic E-state index is 12.6. The zero-order chi connectivity index (χ0) is 27.4. The van der Waals surface area contributed by atoms with Gasteiger partial charge >= 0.3 is 11.9 Å². The van der Waals surface area contributed by atoms with Crippen molar-refractivity contribution < 1.29 is 38.2 Å². The number of nitrogens with one attached hydrogen (secondary N) is 4. The van der Waals surface area contributed by atoms with Crippen LogP contribution in [0, 0.1) is 0 Å². The molecule has 0 aromatic rings. The van der Waals surface area contributed by atoms with E-state index < -0.39 is 65.9 Å². The molecule has 198 valence electrons. The van der Waals surface area contributed by atoms with E-state index in [1.807, 2.05) is 0 Å². The number of ether oxygens (including phenoxy) is 2. The monoisotopic (exact) mass is 498 g/mol. The van der Waals surface area contributed by atoms with Crippen LogP contribution in [0.3, 0.4) is 0 Å². The Hall–Kier alpha value is -3.44. The van der Waals surface area contributed by atoms with E-state index in [9.17, 15) is 28.8 Å². The Morgan fingerprint density at radius 2 is 1.09 bits per heavy atom. The highest BCUT2D eigenvalue weighted by molar-refractivity contribution is 6.03. The van der Waals surface area contributed by atoms with Crippen LogP contribution in [-0.2, 0) is 38.2 Å². The highest BCUT2D eigenvalue weighted by atomic mass is 16.6. The van der Waals surface area contributed by atoms with Crippen LogP contribution in [0.1, 0.15) is 61.3 Å². The predicted molar refractivity (Wildman–Crippen MR) is 127 cm³/mol. The van der Waals surface area contributed by atoms with Crippen molar-refractivity contribution in [3.05, 3.63) is 12.2 Å². The summed E-state index contributed by atoms with van der Waals surface area (Å²) >= 11 is 0. The molecule has 0 aliphatic carbocycles. The molecule has 0 spiro atoms. The first-order valence-electron chi connectivity index (χ1n) is 11.3. The lowest BCUT2D eigenvalue weighted by Crippen LogP contribution is -2.54. The summed E-state index contributed by atoms with van der Waals surface area (Å²) in [4.78, 5) is 72.5. The predicted octanol–water partition coefficient (Wildman–Crippen LogP) is -0.140. The van der Waals surface area contributed by atoms with Gasteiger partial charge in [-0.1, -0.05) is 20.4 Å². The number of carbonyl (C=O) groups excluding carboxylic acids is 6. The lowest BCUT2D eigenvalue weighted by molar-refractivity contribution is -0.173. The first-order chi connectivity index (χ1) is 16.0. The van der Waals surface area contributed by atoms with Crippen LogP contribution in [-0.4, -0.2) is 72.4 Å². The summed E-state index contributed by atoms with van der Waals surface area (Å²) in [6, 6.07) is -1.73. The van der Waals surface area contributed by atoms with Crippen LogP contribution in [0.4, 0.5) is 0 Å². The van der Waals surface area contributed by atoms with Crippen molar-refractivity contribution >= 4 is 35.6 Å². The van der Waals surface area contributed by atoms with Crippen molar-refractivity contribution in [2.45, 2.75) is 78.6 Å². The van der Waals surface area contributed by atoms with Crippen molar-refractivity contribution in [3.63, 3.8) is 0 Å². The quantitative estimate of drug-likeness (QED) is 0.146. The van der Waals surface area contributed by atoms with Crippen molar-refractivity contribution in [2.24, 2.45) is 0 Å². The molecule has 0 unspecified atom stereocenters. The number of hydrogen-bond acceptors (Lipinski definition) is 8. The summed E-state index contributed by atoms with van der Waals surface area (Å²) in [6.07, 6.45) is 0.932. The minimum Gasteiger partial charge on any atom is -0.458 e. The fourth-order valence-electron chi connectivity index (χ4n) is 2.03. The summed E-state index contributed by atoms with van der Waals surface area (Å²) in [6.45, 7) is 13.7. The third-order valence-corrected chi connectivity index (χ3v) is 4.92. The molecule has 0 aliphatic rings. The average Bonchev–Trinajstić information content (AvgIpc) is 2.77. The van der Waals surface area contributed by atoms with Crippen LogP contribution < -0.4 is 21.3 Å². The van der Waals surface area contributed by atoms with Gasteiger partial charge in [0, 0.05) is 5.57 Å². The third kappa shape index (κ3) is 13.1. The van der Waals surface area contributed by atoms with E-state index >= 15 is 0 Å². The van der Waals surface area contributed by atoms with Gasteiger partial charge in [0.05, 0.1) is 19.6 Å². The van der Waals surface area contributed by atoms with Gasteiger partial charge in [-0.15, -0.1) is 0 Å². The molecule has 0 saturated carbocycles. The molecule has 4 N–H and O–H groups in total. The number of amides is 4. The molecule has 4 amide bonds. The van der Waals surface area contributed by atoms with Gasteiger partial charge in [0.2, 0.25) is 29.7 Å². The molecule has 0 aromatic heterocycles. The van der Waals surface area contributed by atoms with E-state index in [1.165, 1.54) is 6.92 Å². The van der Waals surface area contributed by atoms with Gasteiger partial charge in [-0.3, -0.25) is 19.2 Å². The van der Waals surface area contributed by atoms with Crippen LogP contribution in [0.25, 0.3) is 0 Å². The summed E-state index contributed by atoms with van der Waals surface area (Å²) < 4.78 is 10.7. The van der Waals surface area contributed by atoms with Crippen molar-refractivity contribution in [1.82, 2.24) is 21.3 Å². The maximum atomic E-state index is 12.6. The van der Waals surface area contributed by atoms with Gasteiger partial charge in [0.1, 0.15) is 11.2 Å². The van der Waals surface area contributed by atoms with Gasteiger partial charge in [0.15, 0.2) is 0 Å². The van der Waals surface area contributed by atoms with Crippen LogP contribution in [0.2, 0.25) is 0 Å². The number of carbonyl (C=O) groups is 6. The number of esters is 2. The van der Waals surface area contributed by atoms with Crippen molar-refractivity contribution in [2.75, 3.05) is 19.6 Å². The second kappa shape index (κ2) is 14.1. The topological polar surface area (TPSA) is 169 Å². The zero-order valence-electron chi connectivity index (χ0n) is 21.6. The van der Waals surface area contributed by atoms with Crippen LogP contribution in [0.15, 0.2) is 12.2 Å². The molecule has 0 heterocycles. The highest BCUT2D eigenvalue weighted by Crippen LogP contribution is 2.18. The van der Waals surface area contributed by atoms with E-state index in [1.54, 1.807) is 41.5 Å². The highest BCUT2D eigenvalue weighted by Gasteiger charge is 2.37. The fraction of sp³-hybridized carbons (Fsp3) is 0.652. The van der Waals surface area contributed by atoms with E-state index in [-0.39, 0.29) is 12.1 Å². The molecule has 0 bridgehead atoms. The van der Waals surface area contributed by atoms with Crippen LogP contribution >= 0.6 is 0 Å². The van der Waals surface area contributed by atoms with E-state index in [2.05, 4.69) is 27.8 Å². The van der Waals surface area contributed by atoms with Crippen molar-refractivity contribution in [1.29, 1.82) is 0 Å². The molecular weight excluding hydrogens is 460 g/mol. The maximum Gasteiger partial charge on any atom is 0.340 e. The van der Waals surface area contributed by atoms with Gasteiger partial charge in [-0.2, -0.15) is 0 Å². The third-order valence-electron chi connectivity index (χ3n) is 4.92. The van der Waals surface area contributed by atoms with Gasteiger partial charge in [0.25, 0.3) is 0 Å². The minimum atomic E-state index is -1.73. The molecule has 0 radical (unpaired) electrons. The molecule has 12 heteroatoms. The second-order valence-electron chi connectivity index (χ2n) is 9.09. The lowest BCUT2D eigenvalue weighted by atomic mass is 10.1. The standard InChI is InChI=1S/C23H38N4O8/c1-9-22(5,6)34-20(32)18(21(33)35-23(7,8)10-2)27-17(30)13-25-15(28)11-24-16(29)12-26-19(31)14(3)4/h18H,3,9-13H2,1-2,4-8H3,(H,24,29)(H,25,28)(H,26,31)(H,27,30). The molecular formula is C23H38N4O8. The Morgan fingerprint density at radius 3 is 1.46 bits per heavy atom. The Morgan fingerprint density at radius 1 is 0.714 bits per heavy atom. The van der Waals surface area contributed by atoms with Gasteiger partial charge in [-0.05, 0) is 47.5 Å². The number of hydrogen-bond donors (Lipinski definition) is 4. The Kier molecular flexibility index (Phi) is 12.7. The fourth-order valence-corrected chi connectivity index (χ4v) is 2.03. The molecule has 0 fully saturated rings. The van der Waals surface area contributed by atoms with E-state index in [4.69, 9.17) is 9.47 Å². The summed E-state index contributed by atoms with van der Waals surface area (Å²) in [5.41, 5.74) is -1.53. The SMILES string of the molecule is C=C(C)C(=O)NCC(=O)NCC(=O)NCC(=O)NC(C(=O)OC(C)(C)CC)C(=O)OC(C)(C)CC. The lowest BCUT2D eigenvalue weighted by Gasteiger charge is -2.29. The first-order valence-corrected chi connectivity index (χ1v) is 11.3. The molecule has 12 nitrogen and oxygen atoms in total. The normalized spacial score (nSPS) is 11.2. The zero-order valence-corrected chi connectivity index (χ0v) is 21.6. The summed E-state index contributed by atoms with van der Waals surface area (Å²) in [5, 5.41) is 9.05. The van der Waals surface area contributed by atoms with E-state index in [0.29, 0.717) is 12.8 Å². The molecule has 0 saturated heterocycles. The largest absolute Gasteiger partial charge is 0.458 e. The molecule has 0 atom stereocenters. The average molecular weight is 499 g/mol. The smallest absolute Gasteiger partial charge is 0.340 e. The first kappa shape index (κ1) is 31.6. The Labute approximate surface area is 205 Å². The molecule has 0 rings (SSSR count). The molecule has 35 heavy (non-hydrogen) atoms. The summed E-state index contributed by atoms with van der Waals surface area (Å²) in [7, 11) is 0. The summed E-state index contributed by atoms with van der Waals surface area (Å²) in [5.74, 6) is -4.66. The van der Waals surface area contributed by atoms with Gasteiger partial charge in [-0.25, -0.2) is 9.59 Å². The minimum absolute atomic E-state index is 0.226. The molecule has 0 aromatic carbocycles. The Bertz CT molecular complexity index is 805. The molecule has 0 aliphatic heterocycles. The number of rotatable bonds is 14. The van der Waals surface area contributed by atoms with E-state index in [0.717, 1.165) is 0 Å². The van der Waals surface area contributed by atoms with Gasteiger partial charge < -0.3 is 30.7 Å².